The fraction of sp³-hybridized carbons (Fsp3) is 0.667. The molecule has 1 aliphatic rings. The summed E-state index contributed by atoms with van der Waals surface area (Å²) in [5.74, 6) is 0.653. The number of aryl methyl sites for hydroxylation is 1. The zero-order valence-corrected chi connectivity index (χ0v) is 7.58. The Morgan fingerprint density at radius 3 is 3.17 bits per heavy atom. The molecule has 1 aliphatic carbocycles. The van der Waals surface area contributed by atoms with E-state index in [1.54, 1.807) is 7.11 Å². The lowest BCUT2D eigenvalue weighted by atomic mass is 10.1. The van der Waals surface area contributed by atoms with Crippen molar-refractivity contribution in [1.82, 2.24) is 9.55 Å². The first-order chi connectivity index (χ1) is 5.81. The molecule has 0 saturated heterocycles. The minimum absolute atomic E-state index is 0.653. The second kappa shape index (κ2) is 2.90. The Labute approximate surface area is 72.4 Å². The van der Waals surface area contributed by atoms with Gasteiger partial charge in [-0.2, -0.15) is 0 Å². The molecule has 1 atom stereocenters. The van der Waals surface area contributed by atoms with Crippen molar-refractivity contribution in [2.45, 2.75) is 12.8 Å². The van der Waals surface area contributed by atoms with E-state index in [4.69, 9.17) is 4.74 Å². The van der Waals surface area contributed by atoms with Gasteiger partial charge in [0.15, 0.2) is 0 Å². The predicted molar refractivity (Wildman–Crippen MR) is 46.0 cm³/mol. The maximum Gasteiger partial charge on any atom is 0.0949 e. The molecule has 66 valence electrons. The van der Waals surface area contributed by atoms with Gasteiger partial charge in [-0.3, -0.25) is 0 Å². The van der Waals surface area contributed by atoms with E-state index in [-0.39, 0.29) is 0 Å². The lowest BCUT2D eigenvalue weighted by molar-refractivity contribution is 0.155. The molecule has 1 aromatic rings. The number of rotatable bonds is 2. The van der Waals surface area contributed by atoms with E-state index in [0.717, 1.165) is 19.4 Å². The second-order valence-corrected chi connectivity index (χ2v) is 3.48. The molecule has 3 nitrogen and oxygen atoms in total. The first kappa shape index (κ1) is 7.80. The van der Waals surface area contributed by atoms with E-state index >= 15 is 0 Å². The molecule has 0 saturated carbocycles. The fourth-order valence-electron chi connectivity index (χ4n) is 1.91. The standard InChI is InChI=1S/C9H14N2O/c1-11-6-10-8-3-7(5-12-2)4-9(8)11/h6-7H,3-5H2,1-2H3. The van der Waals surface area contributed by atoms with Crippen LogP contribution in [0.4, 0.5) is 0 Å². The van der Waals surface area contributed by atoms with Gasteiger partial charge in [-0.25, -0.2) is 4.98 Å². The first-order valence-corrected chi connectivity index (χ1v) is 4.29. The summed E-state index contributed by atoms with van der Waals surface area (Å²) < 4.78 is 7.25. The van der Waals surface area contributed by atoms with Gasteiger partial charge in [-0.15, -0.1) is 0 Å². The van der Waals surface area contributed by atoms with Gasteiger partial charge in [0.25, 0.3) is 0 Å². The molecule has 0 fully saturated rings. The Balaban J connectivity index is 2.12. The number of fused-ring (bicyclic) bond motifs is 1. The van der Waals surface area contributed by atoms with Crippen LogP contribution in [0.25, 0.3) is 0 Å². The van der Waals surface area contributed by atoms with Gasteiger partial charge in [-0.1, -0.05) is 0 Å². The van der Waals surface area contributed by atoms with Crippen molar-refractivity contribution < 1.29 is 4.74 Å². The van der Waals surface area contributed by atoms with Gasteiger partial charge >= 0.3 is 0 Å². The van der Waals surface area contributed by atoms with E-state index in [1.807, 2.05) is 6.33 Å². The summed E-state index contributed by atoms with van der Waals surface area (Å²) in [6.45, 7) is 0.858. The number of ether oxygens (including phenoxy) is 1. The lowest BCUT2D eigenvalue weighted by Crippen LogP contribution is -2.09. The average Bonchev–Trinajstić information content (AvgIpc) is 2.55. The number of nitrogens with zero attached hydrogens (tertiary/aromatic N) is 2. The summed E-state index contributed by atoms with van der Waals surface area (Å²) in [5.41, 5.74) is 2.65. The molecule has 0 aliphatic heterocycles. The highest BCUT2D eigenvalue weighted by Crippen LogP contribution is 2.24. The molecule has 0 bridgehead atoms. The van der Waals surface area contributed by atoms with Crippen LogP contribution in [0.5, 0.6) is 0 Å². The number of methoxy groups -OCH3 is 1. The molecule has 3 heteroatoms. The third-order valence-corrected chi connectivity index (χ3v) is 2.51. The highest BCUT2D eigenvalue weighted by molar-refractivity contribution is 5.20. The van der Waals surface area contributed by atoms with Crippen LogP contribution in [0.3, 0.4) is 0 Å². The summed E-state index contributed by atoms with van der Waals surface area (Å²) in [7, 11) is 3.82. The van der Waals surface area contributed by atoms with Crippen molar-refractivity contribution in [1.29, 1.82) is 0 Å². The number of hydrogen-bond acceptors (Lipinski definition) is 2. The van der Waals surface area contributed by atoms with Crippen molar-refractivity contribution in [3.63, 3.8) is 0 Å². The minimum atomic E-state index is 0.653. The Morgan fingerprint density at radius 1 is 1.67 bits per heavy atom. The third-order valence-electron chi connectivity index (χ3n) is 2.51. The lowest BCUT2D eigenvalue weighted by Gasteiger charge is -2.06. The van der Waals surface area contributed by atoms with Crippen LogP contribution in [0.15, 0.2) is 6.33 Å². The summed E-state index contributed by atoms with van der Waals surface area (Å²) in [5, 5.41) is 0. The predicted octanol–water partition coefficient (Wildman–Crippen LogP) is 0.781. The minimum Gasteiger partial charge on any atom is -0.384 e. The summed E-state index contributed by atoms with van der Waals surface area (Å²) in [6.07, 6.45) is 4.11. The van der Waals surface area contributed by atoms with Crippen LogP contribution in [-0.4, -0.2) is 23.3 Å². The van der Waals surface area contributed by atoms with Gasteiger partial charge in [0, 0.05) is 26.5 Å². The second-order valence-electron chi connectivity index (χ2n) is 3.48. The first-order valence-electron chi connectivity index (χ1n) is 4.29. The van der Waals surface area contributed by atoms with E-state index in [2.05, 4.69) is 16.6 Å². The van der Waals surface area contributed by atoms with Gasteiger partial charge in [-0.05, 0) is 18.8 Å². The van der Waals surface area contributed by atoms with Crippen LogP contribution < -0.4 is 0 Å². The maximum atomic E-state index is 5.13. The third kappa shape index (κ3) is 1.14. The van der Waals surface area contributed by atoms with Crippen molar-refractivity contribution in [2.24, 2.45) is 13.0 Å². The van der Waals surface area contributed by atoms with Crippen LogP contribution in [0.2, 0.25) is 0 Å². The van der Waals surface area contributed by atoms with Gasteiger partial charge in [0.1, 0.15) is 0 Å². The van der Waals surface area contributed by atoms with E-state index in [9.17, 15) is 0 Å². The molecular formula is C9H14N2O. The van der Waals surface area contributed by atoms with Crippen molar-refractivity contribution >= 4 is 0 Å². The largest absolute Gasteiger partial charge is 0.384 e. The highest BCUT2D eigenvalue weighted by Gasteiger charge is 2.24. The van der Waals surface area contributed by atoms with Crippen LogP contribution in [0.1, 0.15) is 11.4 Å². The van der Waals surface area contributed by atoms with E-state index in [1.165, 1.54) is 11.4 Å². The topological polar surface area (TPSA) is 27.1 Å². The Hall–Kier alpha value is -0.830. The monoisotopic (exact) mass is 166 g/mol. The molecule has 1 heterocycles. The SMILES string of the molecule is COCC1Cc2ncn(C)c2C1. The van der Waals surface area contributed by atoms with Crippen molar-refractivity contribution in [2.75, 3.05) is 13.7 Å². The van der Waals surface area contributed by atoms with Crippen LogP contribution in [0, 0.1) is 5.92 Å². The number of aromatic nitrogens is 2. The molecule has 0 radical (unpaired) electrons. The molecule has 0 spiro atoms. The fourth-order valence-corrected chi connectivity index (χ4v) is 1.91. The van der Waals surface area contributed by atoms with Crippen LogP contribution >= 0.6 is 0 Å². The quantitative estimate of drug-likeness (QED) is 0.649. The molecule has 0 N–H and O–H groups in total. The van der Waals surface area contributed by atoms with E-state index < -0.39 is 0 Å². The molecule has 1 unspecified atom stereocenters. The molecule has 1 aromatic heterocycles. The van der Waals surface area contributed by atoms with Crippen molar-refractivity contribution in [3.8, 4) is 0 Å². The molecule has 12 heavy (non-hydrogen) atoms. The molecule has 0 aromatic carbocycles. The summed E-state index contributed by atoms with van der Waals surface area (Å²) in [6, 6.07) is 0. The van der Waals surface area contributed by atoms with Crippen LogP contribution in [-0.2, 0) is 24.6 Å². The Morgan fingerprint density at radius 2 is 2.50 bits per heavy atom. The molecule has 0 amide bonds. The van der Waals surface area contributed by atoms with Gasteiger partial charge in [0.05, 0.1) is 12.0 Å². The maximum absolute atomic E-state index is 5.13. The summed E-state index contributed by atoms with van der Waals surface area (Å²) in [4.78, 5) is 4.34. The Bertz CT molecular complexity index is 280. The zero-order chi connectivity index (χ0) is 8.55. The normalized spacial score (nSPS) is 21.3. The average molecular weight is 166 g/mol. The number of imidazole rings is 1. The van der Waals surface area contributed by atoms with Crippen molar-refractivity contribution in [3.05, 3.63) is 17.7 Å². The molecule has 2 rings (SSSR count). The van der Waals surface area contributed by atoms with Gasteiger partial charge < -0.3 is 9.30 Å². The summed E-state index contributed by atoms with van der Waals surface area (Å²) >= 11 is 0. The van der Waals surface area contributed by atoms with E-state index in [0.29, 0.717) is 5.92 Å². The molecular weight excluding hydrogens is 152 g/mol. The smallest absolute Gasteiger partial charge is 0.0949 e. The Kier molecular flexibility index (Phi) is 1.89. The number of hydrogen-bond donors (Lipinski definition) is 0. The highest BCUT2D eigenvalue weighted by atomic mass is 16.5. The zero-order valence-electron chi connectivity index (χ0n) is 7.58. The van der Waals surface area contributed by atoms with Gasteiger partial charge in [0.2, 0.25) is 0 Å².